The first-order valence-corrected chi connectivity index (χ1v) is 10.8. The van der Waals surface area contributed by atoms with Gasteiger partial charge in [-0.2, -0.15) is 14.8 Å². The van der Waals surface area contributed by atoms with Crippen LogP contribution in [0.3, 0.4) is 0 Å². The van der Waals surface area contributed by atoms with Gasteiger partial charge in [-0.25, -0.2) is 4.99 Å². The smallest absolute Gasteiger partial charge is 0.292 e. The second-order valence-corrected chi connectivity index (χ2v) is 8.06. The van der Waals surface area contributed by atoms with Crippen LogP contribution in [-0.2, 0) is 4.79 Å². The van der Waals surface area contributed by atoms with Crippen molar-refractivity contribution in [3.63, 3.8) is 0 Å². The molecule has 9 nitrogen and oxygen atoms in total. The molecule has 1 aromatic carbocycles. The highest BCUT2D eigenvalue weighted by molar-refractivity contribution is 6.17. The Balaban J connectivity index is 1.39. The van der Waals surface area contributed by atoms with Gasteiger partial charge in [0, 0.05) is 17.2 Å². The van der Waals surface area contributed by atoms with Crippen LogP contribution in [0.2, 0.25) is 0 Å². The van der Waals surface area contributed by atoms with Crippen LogP contribution in [-0.4, -0.2) is 33.3 Å². The van der Waals surface area contributed by atoms with E-state index < -0.39 is 5.91 Å². The molecule has 4 aromatic rings. The zero-order valence-corrected chi connectivity index (χ0v) is 17.5. The minimum absolute atomic E-state index is 0.130. The van der Waals surface area contributed by atoms with E-state index in [4.69, 9.17) is 8.83 Å². The van der Waals surface area contributed by atoms with Crippen molar-refractivity contribution in [2.75, 3.05) is 5.32 Å². The molecule has 0 radical (unpaired) electrons. The summed E-state index contributed by atoms with van der Waals surface area (Å²) in [4.78, 5) is 34.5. The lowest BCUT2D eigenvalue weighted by Gasteiger charge is -2.24. The molecule has 1 N–H and O–H groups in total. The molecule has 0 saturated heterocycles. The number of carbonyl (C=O) groups is 2. The van der Waals surface area contributed by atoms with Crippen LogP contribution in [0.5, 0.6) is 0 Å². The van der Waals surface area contributed by atoms with Crippen molar-refractivity contribution >= 4 is 40.3 Å². The minimum atomic E-state index is -0.454. The monoisotopic (exact) mass is 441 g/mol. The average Bonchev–Trinajstić information content (AvgIpc) is 3.58. The summed E-state index contributed by atoms with van der Waals surface area (Å²) in [6.45, 7) is 0. The van der Waals surface area contributed by atoms with Crippen molar-refractivity contribution in [2.45, 2.75) is 25.7 Å². The van der Waals surface area contributed by atoms with Crippen molar-refractivity contribution in [1.82, 2.24) is 9.78 Å². The minimum Gasteiger partial charge on any atom is -0.463 e. The number of benzene rings is 1. The fourth-order valence-corrected chi connectivity index (χ4v) is 4.26. The zero-order valence-electron chi connectivity index (χ0n) is 17.5. The fourth-order valence-electron chi connectivity index (χ4n) is 4.26. The summed E-state index contributed by atoms with van der Waals surface area (Å²) in [6.07, 6.45) is 5.03. The molecule has 3 aromatic heterocycles. The molecule has 1 aliphatic carbocycles. The molecular weight excluding hydrogens is 422 g/mol. The molecule has 164 valence electrons. The summed E-state index contributed by atoms with van der Waals surface area (Å²) in [5.74, 6) is 0.172. The third-order valence-corrected chi connectivity index (χ3v) is 5.89. The summed E-state index contributed by atoms with van der Waals surface area (Å²) >= 11 is 0. The van der Waals surface area contributed by atoms with Gasteiger partial charge in [0.05, 0.1) is 12.2 Å². The Morgan fingerprint density at radius 3 is 2.85 bits per heavy atom. The molecule has 1 unspecified atom stereocenters. The quantitative estimate of drug-likeness (QED) is 0.502. The van der Waals surface area contributed by atoms with Crippen LogP contribution in [0.1, 0.15) is 36.2 Å². The van der Waals surface area contributed by atoms with Crippen LogP contribution in [0, 0.1) is 5.92 Å². The van der Waals surface area contributed by atoms with Gasteiger partial charge in [-0.3, -0.25) is 9.59 Å². The molecule has 33 heavy (non-hydrogen) atoms. The normalized spacial score (nSPS) is 18.1. The van der Waals surface area contributed by atoms with E-state index in [1.807, 2.05) is 18.2 Å². The van der Waals surface area contributed by atoms with Gasteiger partial charge in [-0.15, -0.1) is 0 Å². The van der Waals surface area contributed by atoms with Gasteiger partial charge >= 0.3 is 0 Å². The van der Waals surface area contributed by atoms with E-state index in [-0.39, 0.29) is 23.5 Å². The number of furan rings is 2. The number of para-hydroxylation sites is 1. The Morgan fingerprint density at radius 2 is 2.00 bits per heavy atom. The third kappa shape index (κ3) is 3.47. The van der Waals surface area contributed by atoms with E-state index in [1.54, 1.807) is 30.3 Å². The first-order valence-electron chi connectivity index (χ1n) is 10.8. The number of anilines is 1. The molecule has 1 saturated carbocycles. The van der Waals surface area contributed by atoms with Crippen LogP contribution in [0.15, 0.2) is 73.6 Å². The van der Waals surface area contributed by atoms with Gasteiger partial charge in [-0.05, 0) is 43.5 Å². The Kier molecular flexibility index (Phi) is 4.53. The van der Waals surface area contributed by atoms with E-state index in [0.717, 1.165) is 36.8 Å². The average molecular weight is 441 g/mol. The lowest BCUT2D eigenvalue weighted by atomic mass is 9.86. The summed E-state index contributed by atoms with van der Waals surface area (Å²) in [5.41, 5.74) is 1.91. The van der Waals surface area contributed by atoms with Gasteiger partial charge < -0.3 is 14.2 Å². The highest BCUT2D eigenvalue weighted by Crippen LogP contribution is 2.28. The number of nitrogens with zero attached hydrogens (tertiary/aromatic N) is 4. The number of aromatic nitrogens is 2. The molecule has 2 amide bonds. The predicted octanol–water partition coefficient (Wildman–Crippen LogP) is 4.52. The van der Waals surface area contributed by atoms with Gasteiger partial charge in [0.1, 0.15) is 17.1 Å². The molecule has 2 aliphatic rings. The second kappa shape index (κ2) is 7.70. The number of hydrogen-bond donors (Lipinski definition) is 1. The number of nitrogens with one attached hydrogen (secondary N) is 1. The van der Waals surface area contributed by atoms with Crippen molar-refractivity contribution in [3.05, 3.63) is 60.6 Å². The van der Waals surface area contributed by atoms with E-state index in [1.165, 1.54) is 10.9 Å². The topological polar surface area (TPSA) is 115 Å². The highest BCUT2D eigenvalue weighted by Gasteiger charge is 2.32. The molecule has 4 heterocycles. The van der Waals surface area contributed by atoms with E-state index in [2.05, 4.69) is 20.4 Å². The van der Waals surface area contributed by atoms with Gasteiger partial charge in [0.15, 0.2) is 11.5 Å². The van der Waals surface area contributed by atoms with Gasteiger partial charge in [0.2, 0.25) is 0 Å². The predicted molar refractivity (Wildman–Crippen MR) is 121 cm³/mol. The van der Waals surface area contributed by atoms with Crippen LogP contribution in [0.25, 0.3) is 22.4 Å². The number of carbonyl (C=O) groups excluding carboxylic acids is 2. The summed E-state index contributed by atoms with van der Waals surface area (Å²) in [7, 11) is 0. The van der Waals surface area contributed by atoms with Crippen LogP contribution in [0.4, 0.5) is 5.82 Å². The summed E-state index contributed by atoms with van der Waals surface area (Å²) in [5, 5.41) is 8.17. The maximum absolute atomic E-state index is 13.0. The highest BCUT2D eigenvalue weighted by atomic mass is 16.3. The number of fused-ring (bicyclic) bond motifs is 2. The lowest BCUT2D eigenvalue weighted by molar-refractivity contribution is -0.120. The Bertz CT molecular complexity index is 1410. The van der Waals surface area contributed by atoms with E-state index in [0.29, 0.717) is 22.9 Å². The molecule has 1 atom stereocenters. The molecule has 9 heteroatoms. The summed E-state index contributed by atoms with van der Waals surface area (Å²) < 4.78 is 12.5. The largest absolute Gasteiger partial charge is 0.463 e. The maximum Gasteiger partial charge on any atom is 0.292 e. The maximum atomic E-state index is 13.0. The van der Waals surface area contributed by atoms with Crippen molar-refractivity contribution in [1.29, 1.82) is 0 Å². The molecule has 1 fully saturated rings. The van der Waals surface area contributed by atoms with E-state index in [9.17, 15) is 9.59 Å². The summed E-state index contributed by atoms with van der Waals surface area (Å²) in [6, 6.07) is 14.2. The van der Waals surface area contributed by atoms with Crippen LogP contribution >= 0.6 is 0 Å². The van der Waals surface area contributed by atoms with Crippen molar-refractivity contribution in [3.8, 4) is 11.5 Å². The molecule has 6 rings (SSSR count). The third-order valence-electron chi connectivity index (χ3n) is 5.89. The molecule has 1 aliphatic heterocycles. The van der Waals surface area contributed by atoms with E-state index >= 15 is 0 Å². The van der Waals surface area contributed by atoms with Crippen molar-refractivity contribution in [2.24, 2.45) is 15.9 Å². The van der Waals surface area contributed by atoms with Crippen LogP contribution < -0.4 is 5.32 Å². The standard InChI is InChI=1S/C24H19N5O4/c30-22-15-7-2-3-8-16(15)25-24(27-22)29-21(13-17(28-29)19-10-5-11-32-19)26-23(31)20-12-14-6-1-4-9-18(14)33-20/h1,4-6,9-13,15H,2-3,7-8H2,(H,26,31). The second-order valence-electron chi connectivity index (χ2n) is 8.06. The van der Waals surface area contributed by atoms with Gasteiger partial charge in [-0.1, -0.05) is 24.6 Å². The number of amides is 2. The molecule has 0 spiro atoms. The lowest BCUT2D eigenvalue weighted by Crippen LogP contribution is -2.33. The number of aliphatic imine (C=N–C) groups is 2. The Hall–Kier alpha value is -4.27. The zero-order chi connectivity index (χ0) is 22.4. The Labute approximate surface area is 187 Å². The Morgan fingerprint density at radius 1 is 1.09 bits per heavy atom. The molecular formula is C24H19N5O4. The van der Waals surface area contributed by atoms with Gasteiger partial charge in [0.25, 0.3) is 17.8 Å². The molecule has 0 bridgehead atoms. The van der Waals surface area contributed by atoms with Crippen molar-refractivity contribution < 1.29 is 18.4 Å². The fraction of sp³-hybridized carbons (Fsp3) is 0.208. The first kappa shape index (κ1) is 19.4. The number of hydrogen-bond acceptors (Lipinski definition) is 6. The first-order chi connectivity index (χ1) is 16.2. The SMILES string of the molecule is O=C(Nc1cc(-c2ccco2)nn1C1=NC(=O)C2CCCCC2=N1)c1cc2ccccc2o1. The number of rotatable bonds is 3.